The zero-order valence-electron chi connectivity index (χ0n) is 20.9. The minimum atomic E-state index is -0.189. The van der Waals surface area contributed by atoms with Crippen molar-refractivity contribution in [2.75, 3.05) is 18.5 Å². The van der Waals surface area contributed by atoms with Gasteiger partial charge < -0.3 is 19.2 Å². The van der Waals surface area contributed by atoms with Crippen LogP contribution in [0.5, 0.6) is 11.5 Å². The normalized spacial score (nSPS) is 11.5. The van der Waals surface area contributed by atoms with Gasteiger partial charge in [0.05, 0.1) is 19.5 Å². The Kier molecular flexibility index (Phi) is 7.25. The molecule has 0 aliphatic heterocycles. The lowest BCUT2D eigenvalue weighted by molar-refractivity contribution is -0.111. The van der Waals surface area contributed by atoms with Crippen molar-refractivity contribution in [3.63, 3.8) is 0 Å². The molecule has 0 saturated heterocycles. The Morgan fingerprint density at radius 1 is 0.971 bits per heavy atom. The largest absolute Gasteiger partial charge is 0.494 e. The van der Waals surface area contributed by atoms with Crippen LogP contribution in [0.2, 0.25) is 0 Å². The molecule has 1 aromatic heterocycles. The van der Waals surface area contributed by atoms with Crippen molar-refractivity contribution in [2.24, 2.45) is 0 Å². The van der Waals surface area contributed by atoms with E-state index in [-0.39, 0.29) is 5.91 Å². The number of allylic oxidation sites excluding steroid dienone is 1. The Balaban J connectivity index is 1.74. The van der Waals surface area contributed by atoms with E-state index in [1.54, 1.807) is 12.3 Å². The van der Waals surface area contributed by atoms with Crippen LogP contribution in [0.4, 0.5) is 5.69 Å². The van der Waals surface area contributed by atoms with E-state index in [1.165, 1.54) is 0 Å². The molecule has 0 fully saturated rings. The highest BCUT2D eigenvalue weighted by molar-refractivity contribution is 6.06. The minimum Gasteiger partial charge on any atom is -0.494 e. The first-order valence-corrected chi connectivity index (χ1v) is 11.9. The van der Waals surface area contributed by atoms with Crippen LogP contribution in [-0.4, -0.2) is 19.1 Å². The van der Waals surface area contributed by atoms with Crippen LogP contribution in [0.3, 0.4) is 0 Å². The predicted octanol–water partition coefficient (Wildman–Crippen LogP) is 7.56. The van der Waals surface area contributed by atoms with E-state index in [1.807, 2.05) is 89.2 Å². The molecule has 35 heavy (non-hydrogen) atoms. The second-order valence-electron chi connectivity index (χ2n) is 8.48. The van der Waals surface area contributed by atoms with Gasteiger partial charge >= 0.3 is 0 Å². The average Bonchev–Trinajstić information content (AvgIpc) is 3.27. The van der Waals surface area contributed by atoms with Crippen molar-refractivity contribution in [1.29, 1.82) is 0 Å². The lowest BCUT2D eigenvalue weighted by Crippen LogP contribution is -2.09. The van der Waals surface area contributed by atoms with Crippen molar-refractivity contribution < 1.29 is 18.7 Å². The number of fused-ring (bicyclic) bond motifs is 1. The van der Waals surface area contributed by atoms with Gasteiger partial charge in [0.25, 0.3) is 0 Å². The molecule has 0 spiro atoms. The number of aryl methyl sites for hydroxylation is 2. The molecule has 0 unspecified atom stereocenters. The summed E-state index contributed by atoms with van der Waals surface area (Å²) in [4.78, 5) is 12.8. The molecule has 1 N–H and O–H groups in total. The van der Waals surface area contributed by atoms with E-state index in [0.717, 1.165) is 61.5 Å². The molecule has 0 saturated carbocycles. The fourth-order valence-electron chi connectivity index (χ4n) is 4.15. The molecule has 0 radical (unpaired) electrons. The van der Waals surface area contributed by atoms with Crippen molar-refractivity contribution in [2.45, 2.75) is 34.6 Å². The van der Waals surface area contributed by atoms with Crippen molar-refractivity contribution in [3.05, 3.63) is 83.6 Å². The summed E-state index contributed by atoms with van der Waals surface area (Å²) < 4.78 is 17.6. The predicted molar refractivity (Wildman–Crippen MR) is 142 cm³/mol. The van der Waals surface area contributed by atoms with Gasteiger partial charge in [-0.15, -0.1) is 0 Å². The van der Waals surface area contributed by atoms with Crippen molar-refractivity contribution >= 4 is 28.1 Å². The number of benzene rings is 3. The zero-order chi connectivity index (χ0) is 24.9. The first-order chi connectivity index (χ1) is 16.9. The number of amides is 1. The van der Waals surface area contributed by atoms with Gasteiger partial charge in [-0.3, -0.25) is 4.79 Å². The summed E-state index contributed by atoms with van der Waals surface area (Å²) in [5, 5.41) is 3.90. The third-order valence-corrected chi connectivity index (χ3v) is 5.90. The third kappa shape index (κ3) is 5.24. The number of carbonyl (C=O) groups excluding carboxylic acids is 1. The van der Waals surface area contributed by atoms with Gasteiger partial charge in [0.15, 0.2) is 0 Å². The number of hydrogen-bond acceptors (Lipinski definition) is 4. The number of furan rings is 1. The molecule has 4 aromatic rings. The Labute approximate surface area is 206 Å². The maximum Gasteiger partial charge on any atom is 0.248 e. The summed E-state index contributed by atoms with van der Waals surface area (Å²) in [7, 11) is 0. The Morgan fingerprint density at radius 3 is 2.31 bits per heavy atom. The van der Waals surface area contributed by atoms with Gasteiger partial charge in [-0.25, -0.2) is 0 Å². The number of carbonyl (C=O) groups is 1. The lowest BCUT2D eigenvalue weighted by Gasteiger charge is -2.15. The first-order valence-electron chi connectivity index (χ1n) is 11.9. The highest BCUT2D eigenvalue weighted by Gasteiger charge is 2.19. The van der Waals surface area contributed by atoms with E-state index in [4.69, 9.17) is 13.9 Å². The number of nitrogens with one attached hydrogen (secondary N) is 1. The number of anilines is 1. The van der Waals surface area contributed by atoms with Crippen molar-refractivity contribution in [3.8, 4) is 22.6 Å². The molecule has 0 aliphatic rings. The minimum absolute atomic E-state index is 0.189. The second-order valence-corrected chi connectivity index (χ2v) is 8.48. The fourth-order valence-corrected chi connectivity index (χ4v) is 4.15. The molecule has 1 amide bonds. The van der Waals surface area contributed by atoms with Gasteiger partial charge in [-0.1, -0.05) is 29.8 Å². The molecule has 3 aromatic carbocycles. The highest BCUT2D eigenvalue weighted by atomic mass is 16.5. The molecular formula is C30H31NO4. The monoisotopic (exact) mass is 469 g/mol. The van der Waals surface area contributed by atoms with Gasteiger partial charge in [0.1, 0.15) is 17.1 Å². The van der Waals surface area contributed by atoms with Crippen LogP contribution < -0.4 is 14.8 Å². The highest BCUT2D eigenvalue weighted by Crippen LogP contribution is 2.41. The van der Waals surface area contributed by atoms with E-state index in [2.05, 4.69) is 5.32 Å². The molecule has 1 heterocycles. The van der Waals surface area contributed by atoms with Crippen LogP contribution in [-0.2, 0) is 4.79 Å². The van der Waals surface area contributed by atoms with Crippen LogP contribution >= 0.6 is 0 Å². The SMILES string of the molecule is CCOc1ccc(-c2coc3c(C)c(OCC)c(/C(C)=C/C(=O)Nc4ccc(C)cc4)cc23)cc1. The van der Waals surface area contributed by atoms with E-state index in [9.17, 15) is 4.79 Å². The van der Waals surface area contributed by atoms with Gasteiger partial charge in [0, 0.05) is 33.8 Å². The molecule has 5 heteroatoms. The molecule has 4 rings (SSSR count). The number of ether oxygens (including phenoxy) is 2. The summed E-state index contributed by atoms with van der Waals surface area (Å²) in [6.07, 6.45) is 3.38. The summed E-state index contributed by atoms with van der Waals surface area (Å²) in [5.41, 5.74) is 7.26. The molecule has 0 bridgehead atoms. The average molecular weight is 470 g/mol. The van der Waals surface area contributed by atoms with E-state index < -0.39 is 0 Å². The molecule has 5 nitrogen and oxygen atoms in total. The van der Waals surface area contributed by atoms with Gasteiger partial charge in [-0.2, -0.15) is 0 Å². The summed E-state index contributed by atoms with van der Waals surface area (Å²) in [5.74, 6) is 1.37. The molecule has 0 atom stereocenters. The maximum absolute atomic E-state index is 12.8. The second kappa shape index (κ2) is 10.5. The van der Waals surface area contributed by atoms with Gasteiger partial charge in [0.2, 0.25) is 5.91 Å². The number of hydrogen-bond donors (Lipinski definition) is 1. The Morgan fingerprint density at radius 2 is 1.66 bits per heavy atom. The van der Waals surface area contributed by atoms with Crippen LogP contribution in [0.25, 0.3) is 27.7 Å². The summed E-state index contributed by atoms with van der Waals surface area (Å²) in [6.45, 7) is 11.0. The van der Waals surface area contributed by atoms with Crippen LogP contribution in [0.15, 0.2) is 71.4 Å². The molecular weight excluding hydrogens is 438 g/mol. The maximum atomic E-state index is 12.8. The number of rotatable bonds is 8. The molecule has 0 aliphatic carbocycles. The standard InChI is InChI=1S/C30H31NO4/c1-6-33-24-14-10-22(11-15-24)27-18-35-30-21(5)29(34-7-2)25(17-26(27)30)20(4)16-28(32)31-23-12-8-19(3)9-13-23/h8-18H,6-7H2,1-5H3,(H,31,32)/b20-16+. The Bertz CT molecular complexity index is 1360. The van der Waals surface area contributed by atoms with Crippen molar-refractivity contribution in [1.82, 2.24) is 0 Å². The smallest absolute Gasteiger partial charge is 0.248 e. The van der Waals surface area contributed by atoms with Gasteiger partial charge in [-0.05, 0) is 76.1 Å². The zero-order valence-corrected chi connectivity index (χ0v) is 20.9. The third-order valence-electron chi connectivity index (χ3n) is 5.90. The fraction of sp³-hybridized carbons (Fsp3) is 0.233. The quantitative estimate of drug-likeness (QED) is 0.271. The van der Waals surface area contributed by atoms with Crippen LogP contribution in [0, 0.1) is 13.8 Å². The van der Waals surface area contributed by atoms with E-state index >= 15 is 0 Å². The Hall–Kier alpha value is -3.99. The summed E-state index contributed by atoms with van der Waals surface area (Å²) >= 11 is 0. The van der Waals surface area contributed by atoms with E-state index in [0.29, 0.717) is 13.2 Å². The lowest BCUT2D eigenvalue weighted by atomic mass is 9.96. The first kappa shape index (κ1) is 24.1. The topological polar surface area (TPSA) is 60.7 Å². The summed E-state index contributed by atoms with van der Waals surface area (Å²) in [6, 6.07) is 17.8. The van der Waals surface area contributed by atoms with Crippen LogP contribution in [0.1, 0.15) is 37.5 Å². The molecule has 180 valence electrons.